The molecule has 0 aliphatic rings. The second kappa shape index (κ2) is 73.5. The summed E-state index contributed by atoms with van der Waals surface area (Å²) in [6.07, 6.45) is 75.6. The minimum atomic E-state index is -4.98. The van der Waals surface area contributed by atoms with Gasteiger partial charge in [0, 0.05) is 25.7 Å². The molecular formula is C81H144O17P2. The molecule has 17 nitrogen and oxygen atoms in total. The molecule has 0 spiro atoms. The van der Waals surface area contributed by atoms with Crippen LogP contribution in [-0.2, 0) is 65.4 Å². The molecule has 19 heteroatoms. The van der Waals surface area contributed by atoms with Crippen LogP contribution in [0.2, 0.25) is 0 Å². The number of allylic oxidation sites excluding steroid dienone is 14. The number of unbranched alkanes of at least 4 members (excludes halogenated alkanes) is 35. The third kappa shape index (κ3) is 72.6. The minimum Gasteiger partial charge on any atom is -0.462 e. The molecule has 0 aliphatic carbocycles. The maximum absolute atomic E-state index is 13.1. The fourth-order valence-corrected chi connectivity index (χ4v) is 12.3. The Morgan fingerprint density at radius 1 is 0.290 bits per heavy atom. The summed E-state index contributed by atoms with van der Waals surface area (Å²) in [6, 6.07) is 0. The fourth-order valence-electron chi connectivity index (χ4n) is 10.8. The van der Waals surface area contributed by atoms with E-state index in [2.05, 4.69) is 113 Å². The van der Waals surface area contributed by atoms with Gasteiger partial charge in [-0.25, -0.2) is 9.13 Å². The molecule has 0 heterocycles. The van der Waals surface area contributed by atoms with Crippen molar-refractivity contribution >= 4 is 39.5 Å². The molecule has 0 saturated carbocycles. The molecule has 0 aromatic carbocycles. The summed E-state index contributed by atoms with van der Waals surface area (Å²) < 4.78 is 68.5. The Bertz CT molecular complexity index is 2230. The molecule has 0 bridgehead atoms. The monoisotopic (exact) mass is 1450 g/mol. The van der Waals surface area contributed by atoms with Gasteiger partial charge < -0.3 is 33.8 Å². The summed E-state index contributed by atoms with van der Waals surface area (Å²) in [4.78, 5) is 72.9. The van der Waals surface area contributed by atoms with Gasteiger partial charge in [-0.3, -0.25) is 37.3 Å². The SMILES string of the molecule is CC/C=C\C/C=C\C/C=C\C/C=C\C/C=C\CCCCCC(=O)O[C@H](COC(=O)CCCCCCC/C=C\CCCCCC)COP(=O)(O)OC[C@@H](O)COP(=O)(O)OC[C@@H](COC(=O)CCCCCCC/C=C\CCCCCC)OC(=O)CCCCCCCCCCCCCCCCC. The first-order valence-electron chi connectivity index (χ1n) is 39.8. The van der Waals surface area contributed by atoms with E-state index in [-0.39, 0.29) is 25.7 Å². The Balaban J connectivity index is 5.37. The molecular weight excluding hydrogens is 1310 g/mol. The van der Waals surface area contributed by atoms with Crippen molar-refractivity contribution in [3.8, 4) is 0 Å². The molecule has 2 unspecified atom stereocenters. The van der Waals surface area contributed by atoms with Crippen LogP contribution in [0.4, 0.5) is 0 Å². The number of esters is 4. The zero-order valence-electron chi connectivity index (χ0n) is 63.4. The van der Waals surface area contributed by atoms with Crippen molar-refractivity contribution in [3.63, 3.8) is 0 Å². The first-order chi connectivity index (χ1) is 48.7. The van der Waals surface area contributed by atoms with Gasteiger partial charge in [0.15, 0.2) is 12.2 Å². The van der Waals surface area contributed by atoms with Crippen LogP contribution in [0.15, 0.2) is 85.1 Å². The van der Waals surface area contributed by atoms with E-state index in [0.717, 1.165) is 154 Å². The molecule has 0 aromatic rings. The van der Waals surface area contributed by atoms with E-state index < -0.39 is 97.5 Å². The van der Waals surface area contributed by atoms with Crippen LogP contribution < -0.4 is 0 Å². The zero-order chi connectivity index (χ0) is 73.2. The number of carbonyl (C=O) groups excluding carboxylic acids is 4. The van der Waals surface area contributed by atoms with Gasteiger partial charge in [0.2, 0.25) is 0 Å². The van der Waals surface area contributed by atoms with Gasteiger partial charge in [-0.05, 0) is 122 Å². The molecule has 580 valence electrons. The van der Waals surface area contributed by atoms with Gasteiger partial charge >= 0.3 is 39.5 Å². The molecule has 0 aromatic heterocycles. The Morgan fingerprint density at radius 2 is 0.520 bits per heavy atom. The smallest absolute Gasteiger partial charge is 0.462 e. The summed E-state index contributed by atoms with van der Waals surface area (Å²) >= 11 is 0. The highest BCUT2D eigenvalue weighted by molar-refractivity contribution is 7.47. The van der Waals surface area contributed by atoms with E-state index >= 15 is 0 Å². The second-order valence-electron chi connectivity index (χ2n) is 26.6. The summed E-state index contributed by atoms with van der Waals surface area (Å²) in [6.45, 7) is 4.73. The van der Waals surface area contributed by atoms with Crippen molar-refractivity contribution in [2.45, 2.75) is 367 Å². The predicted molar refractivity (Wildman–Crippen MR) is 409 cm³/mol. The van der Waals surface area contributed by atoms with E-state index in [4.69, 9.17) is 37.0 Å². The van der Waals surface area contributed by atoms with Crippen LogP contribution >= 0.6 is 15.6 Å². The zero-order valence-corrected chi connectivity index (χ0v) is 65.2. The maximum Gasteiger partial charge on any atom is 0.472 e. The molecule has 3 N–H and O–H groups in total. The van der Waals surface area contributed by atoms with Crippen LogP contribution in [0.3, 0.4) is 0 Å². The van der Waals surface area contributed by atoms with Crippen molar-refractivity contribution in [3.05, 3.63) is 85.1 Å². The highest BCUT2D eigenvalue weighted by Gasteiger charge is 2.30. The number of carbonyl (C=O) groups is 4. The Labute approximate surface area is 608 Å². The normalized spacial score (nSPS) is 14.3. The number of ether oxygens (including phenoxy) is 4. The molecule has 0 radical (unpaired) electrons. The molecule has 5 atom stereocenters. The topological polar surface area (TPSA) is 237 Å². The first kappa shape index (κ1) is 96.2. The van der Waals surface area contributed by atoms with Gasteiger partial charge in [-0.15, -0.1) is 0 Å². The fraction of sp³-hybridized carbons (Fsp3) is 0.778. The number of rotatable bonds is 75. The number of hydrogen-bond donors (Lipinski definition) is 3. The average molecular weight is 1450 g/mol. The van der Waals surface area contributed by atoms with Gasteiger partial charge in [0.05, 0.1) is 26.4 Å². The van der Waals surface area contributed by atoms with Gasteiger partial charge in [-0.1, -0.05) is 286 Å². The summed E-state index contributed by atoms with van der Waals surface area (Å²) in [5.74, 6) is -2.21. The van der Waals surface area contributed by atoms with Gasteiger partial charge in [-0.2, -0.15) is 0 Å². The predicted octanol–water partition coefficient (Wildman–Crippen LogP) is 23.0. The van der Waals surface area contributed by atoms with Crippen LogP contribution in [0.25, 0.3) is 0 Å². The second-order valence-corrected chi connectivity index (χ2v) is 29.5. The number of aliphatic hydroxyl groups is 1. The lowest BCUT2D eigenvalue weighted by atomic mass is 10.0. The molecule has 0 rings (SSSR count). The van der Waals surface area contributed by atoms with E-state index in [1.54, 1.807) is 0 Å². The van der Waals surface area contributed by atoms with E-state index in [9.17, 15) is 43.2 Å². The Kier molecular flexibility index (Phi) is 70.8. The maximum atomic E-state index is 13.1. The van der Waals surface area contributed by atoms with Crippen LogP contribution in [0, 0.1) is 0 Å². The molecule has 0 saturated heterocycles. The van der Waals surface area contributed by atoms with Crippen molar-refractivity contribution in [2.75, 3.05) is 39.6 Å². The van der Waals surface area contributed by atoms with Crippen molar-refractivity contribution < 1.29 is 80.2 Å². The minimum absolute atomic E-state index is 0.0554. The third-order valence-corrected chi connectivity index (χ3v) is 18.7. The Hall–Kier alpha value is -3.76. The quantitative estimate of drug-likeness (QED) is 0.0169. The van der Waals surface area contributed by atoms with E-state index in [0.29, 0.717) is 25.7 Å². The molecule has 100 heavy (non-hydrogen) atoms. The van der Waals surface area contributed by atoms with Crippen LogP contribution in [0.1, 0.15) is 349 Å². The summed E-state index contributed by atoms with van der Waals surface area (Å²) in [5.41, 5.74) is 0. The largest absolute Gasteiger partial charge is 0.472 e. The van der Waals surface area contributed by atoms with Crippen LogP contribution in [0.5, 0.6) is 0 Å². The third-order valence-electron chi connectivity index (χ3n) is 16.8. The van der Waals surface area contributed by atoms with Crippen LogP contribution in [-0.4, -0.2) is 96.7 Å². The lowest BCUT2D eigenvalue weighted by Gasteiger charge is -2.21. The summed E-state index contributed by atoms with van der Waals surface area (Å²) in [5, 5.41) is 10.6. The standard InChI is InChI=1S/C81H144O17P2/c1-5-9-13-17-21-25-29-33-35-36-37-38-40-44-48-52-56-60-64-68-81(86)98-77(72-92-79(84)66-62-58-54-50-46-42-32-28-24-20-16-12-8-4)74-96-100(89,90)94-70-75(82)69-93-99(87,88)95-73-76(71-91-78(83)65-61-57-53-49-45-41-31-27-23-19-15-11-7-3)97-80(85)67-63-59-55-51-47-43-39-34-30-26-22-18-14-10-6-2/h9,13,21,25,27-28,31-33,35,37-38,44,48,75-77,82H,5-8,10-12,14-20,22-24,26,29-30,34,36,39-43,45-47,49-74H2,1-4H3,(H,87,88)(H,89,90)/b13-9-,25-21-,31-27-,32-28-,35-33-,38-37-,48-44-/t75-,76+,77+/m0/s1. The molecule has 0 fully saturated rings. The van der Waals surface area contributed by atoms with Crippen molar-refractivity contribution in [1.82, 2.24) is 0 Å². The van der Waals surface area contributed by atoms with Gasteiger partial charge in [0.25, 0.3) is 0 Å². The van der Waals surface area contributed by atoms with E-state index in [1.807, 2.05) is 0 Å². The number of phosphoric ester groups is 2. The number of aliphatic hydroxyl groups excluding tert-OH is 1. The average Bonchev–Trinajstić information content (AvgIpc) is 1.01. The van der Waals surface area contributed by atoms with E-state index in [1.165, 1.54) is 116 Å². The molecule has 0 amide bonds. The van der Waals surface area contributed by atoms with Crippen molar-refractivity contribution in [2.24, 2.45) is 0 Å². The summed E-state index contributed by atoms with van der Waals surface area (Å²) in [7, 11) is -9.96. The lowest BCUT2D eigenvalue weighted by Crippen LogP contribution is -2.30. The highest BCUT2D eigenvalue weighted by Crippen LogP contribution is 2.45. The number of phosphoric acid groups is 2. The highest BCUT2D eigenvalue weighted by atomic mass is 31.2. The van der Waals surface area contributed by atoms with Crippen molar-refractivity contribution in [1.29, 1.82) is 0 Å². The van der Waals surface area contributed by atoms with Gasteiger partial charge in [0.1, 0.15) is 19.3 Å². The molecule has 0 aliphatic heterocycles. The number of hydrogen-bond acceptors (Lipinski definition) is 15. The first-order valence-corrected chi connectivity index (χ1v) is 42.8. The lowest BCUT2D eigenvalue weighted by molar-refractivity contribution is -0.161. The Morgan fingerprint density at radius 3 is 0.830 bits per heavy atom.